The Bertz CT molecular complexity index is 147. The van der Waals surface area contributed by atoms with Gasteiger partial charge in [-0.1, -0.05) is 33.6 Å². The molecule has 0 radical (unpaired) electrons. The van der Waals surface area contributed by atoms with Crippen molar-refractivity contribution in [1.29, 1.82) is 0 Å². The third-order valence-electron chi connectivity index (χ3n) is 2.19. The summed E-state index contributed by atoms with van der Waals surface area (Å²) < 4.78 is 0. The van der Waals surface area contributed by atoms with Crippen LogP contribution in [-0.4, -0.2) is 12.3 Å². The van der Waals surface area contributed by atoms with Gasteiger partial charge in [0.15, 0.2) is 0 Å². The molecular formula is C11H23NO. The molecule has 0 saturated carbocycles. The van der Waals surface area contributed by atoms with E-state index in [-0.39, 0.29) is 5.41 Å². The first-order valence-electron chi connectivity index (χ1n) is 5.22. The highest BCUT2D eigenvalue weighted by atomic mass is 16.1. The molecule has 2 heteroatoms. The van der Waals surface area contributed by atoms with Crippen molar-refractivity contribution in [2.75, 3.05) is 6.54 Å². The summed E-state index contributed by atoms with van der Waals surface area (Å²) in [7, 11) is 0. The lowest BCUT2D eigenvalue weighted by atomic mass is 9.88. The minimum Gasteiger partial charge on any atom is -0.330 e. The molecule has 0 spiro atoms. The van der Waals surface area contributed by atoms with E-state index in [1.54, 1.807) is 0 Å². The zero-order chi connectivity index (χ0) is 10.3. The van der Waals surface area contributed by atoms with Crippen molar-refractivity contribution in [2.45, 2.75) is 52.9 Å². The fourth-order valence-electron chi connectivity index (χ4n) is 1.16. The van der Waals surface area contributed by atoms with Gasteiger partial charge in [-0.15, -0.1) is 0 Å². The molecule has 13 heavy (non-hydrogen) atoms. The smallest absolute Gasteiger partial charge is 0.138 e. The lowest BCUT2D eigenvalue weighted by Gasteiger charge is -2.15. The summed E-state index contributed by atoms with van der Waals surface area (Å²) in [6.07, 6.45) is 5.14. The summed E-state index contributed by atoms with van der Waals surface area (Å²) >= 11 is 0. The third-order valence-corrected chi connectivity index (χ3v) is 2.19. The number of carbonyl (C=O) groups is 1. The Balaban J connectivity index is 3.38. The van der Waals surface area contributed by atoms with Crippen molar-refractivity contribution in [2.24, 2.45) is 11.1 Å². The summed E-state index contributed by atoms with van der Waals surface area (Å²) in [5, 5.41) is 0. The van der Waals surface area contributed by atoms with Gasteiger partial charge in [-0.2, -0.15) is 0 Å². The van der Waals surface area contributed by atoms with Crippen LogP contribution < -0.4 is 5.73 Å². The highest BCUT2D eigenvalue weighted by Crippen LogP contribution is 2.18. The molecule has 78 valence electrons. The van der Waals surface area contributed by atoms with Gasteiger partial charge in [-0.05, 0) is 19.4 Å². The summed E-state index contributed by atoms with van der Waals surface area (Å²) in [5.74, 6) is 0.375. The monoisotopic (exact) mass is 185 g/mol. The van der Waals surface area contributed by atoms with Crippen molar-refractivity contribution >= 4 is 5.78 Å². The highest BCUT2D eigenvalue weighted by molar-refractivity contribution is 5.83. The number of nitrogens with two attached hydrogens (primary N) is 1. The molecule has 2 N–H and O–H groups in total. The first-order valence-corrected chi connectivity index (χ1v) is 5.22. The molecule has 0 rings (SSSR count). The number of hydrogen-bond acceptors (Lipinski definition) is 2. The molecular weight excluding hydrogens is 162 g/mol. The summed E-state index contributed by atoms with van der Waals surface area (Å²) in [6, 6.07) is 0. The molecule has 0 saturated heterocycles. The maximum absolute atomic E-state index is 11.5. The standard InChI is InChI=1S/C11H23NO/c1-11(2,3)10(13)8-6-4-5-7-9-12/h4-9,12H2,1-3H3. The van der Waals surface area contributed by atoms with E-state index in [1.165, 1.54) is 0 Å². The van der Waals surface area contributed by atoms with Crippen LogP contribution in [0.3, 0.4) is 0 Å². The summed E-state index contributed by atoms with van der Waals surface area (Å²) in [4.78, 5) is 11.5. The number of rotatable bonds is 6. The van der Waals surface area contributed by atoms with E-state index >= 15 is 0 Å². The number of carbonyl (C=O) groups excluding carboxylic acids is 1. The number of hydrogen-bond donors (Lipinski definition) is 1. The van der Waals surface area contributed by atoms with Gasteiger partial charge in [0.05, 0.1) is 0 Å². The van der Waals surface area contributed by atoms with Crippen LogP contribution in [0.4, 0.5) is 0 Å². The molecule has 0 aromatic heterocycles. The third kappa shape index (κ3) is 6.76. The van der Waals surface area contributed by atoms with Crippen molar-refractivity contribution in [3.05, 3.63) is 0 Å². The first kappa shape index (κ1) is 12.6. The molecule has 2 nitrogen and oxygen atoms in total. The minimum absolute atomic E-state index is 0.159. The quantitative estimate of drug-likeness (QED) is 0.646. The Labute approximate surface area is 81.9 Å². The van der Waals surface area contributed by atoms with Gasteiger partial charge in [-0.3, -0.25) is 4.79 Å². The molecule has 0 unspecified atom stereocenters. The Morgan fingerprint density at radius 1 is 1.08 bits per heavy atom. The Hall–Kier alpha value is -0.370. The zero-order valence-corrected chi connectivity index (χ0v) is 9.23. The van der Waals surface area contributed by atoms with Gasteiger partial charge in [0.1, 0.15) is 5.78 Å². The lowest BCUT2D eigenvalue weighted by Crippen LogP contribution is -2.19. The molecule has 0 aliphatic carbocycles. The second-order valence-electron chi connectivity index (χ2n) is 4.63. The molecule has 0 heterocycles. The number of ketones is 1. The van der Waals surface area contributed by atoms with E-state index in [9.17, 15) is 4.79 Å². The Morgan fingerprint density at radius 2 is 1.62 bits per heavy atom. The van der Waals surface area contributed by atoms with Crippen molar-refractivity contribution in [3.63, 3.8) is 0 Å². The first-order chi connectivity index (χ1) is 5.98. The van der Waals surface area contributed by atoms with Crippen LogP contribution >= 0.6 is 0 Å². The van der Waals surface area contributed by atoms with E-state index in [1.807, 2.05) is 20.8 Å². The van der Waals surface area contributed by atoms with Crippen LogP contribution in [0.15, 0.2) is 0 Å². The summed E-state index contributed by atoms with van der Waals surface area (Å²) in [6.45, 7) is 6.72. The number of Topliss-reactive ketones (excluding diaryl/α,β-unsaturated/α-hetero) is 1. The van der Waals surface area contributed by atoms with Gasteiger partial charge in [-0.25, -0.2) is 0 Å². The van der Waals surface area contributed by atoms with Crippen LogP contribution in [0.5, 0.6) is 0 Å². The average Bonchev–Trinajstić information content (AvgIpc) is 2.02. The van der Waals surface area contributed by atoms with Crippen LogP contribution in [0.1, 0.15) is 52.9 Å². The summed E-state index contributed by atoms with van der Waals surface area (Å²) in [5.41, 5.74) is 5.21. The molecule has 0 aliphatic rings. The van der Waals surface area contributed by atoms with Crippen molar-refractivity contribution in [1.82, 2.24) is 0 Å². The highest BCUT2D eigenvalue weighted by Gasteiger charge is 2.19. The van der Waals surface area contributed by atoms with Crippen LogP contribution in [0.2, 0.25) is 0 Å². The van der Waals surface area contributed by atoms with Gasteiger partial charge in [0, 0.05) is 11.8 Å². The van der Waals surface area contributed by atoms with Crippen molar-refractivity contribution < 1.29 is 4.79 Å². The van der Waals surface area contributed by atoms with E-state index < -0.39 is 0 Å². The van der Waals surface area contributed by atoms with E-state index in [4.69, 9.17) is 5.73 Å². The van der Waals surface area contributed by atoms with E-state index in [0.717, 1.165) is 38.6 Å². The molecule has 0 aliphatic heterocycles. The maximum atomic E-state index is 11.5. The number of unbranched alkanes of at least 4 members (excludes halogenated alkanes) is 3. The predicted octanol–water partition coefficient (Wildman–Crippen LogP) is 2.51. The van der Waals surface area contributed by atoms with Crippen LogP contribution in [0, 0.1) is 5.41 Å². The van der Waals surface area contributed by atoms with Crippen LogP contribution in [0.25, 0.3) is 0 Å². The van der Waals surface area contributed by atoms with Gasteiger partial charge in [0.25, 0.3) is 0 Å². The van der Waals surface area contributed by atoms with Crippen LogP contribution in [-0.2, 0) is 4.79 Å². The molecule has 0 atom stereocenters. The van der Waals surface area contributed by atoms with Gasteiger partial charge >= 0.3 is 0 Å². The van der Waals surface area contributed by atoms with Gasteiger partial charge in [0.2, 0.25) is 0 Å². The Kier molecular flexibility index (Phi) is 5.97. The predicted molar refractivity (Wildman–Crippen MR) is 56.6 cm³/mol. The Morgan fingerprint density at radius 3 is 2.08 bits per heavy atom. The topological polar surface area (TPSA) is 43.1 Å². The van der Waals surface area contributed by atoms with E-state index in [2.05, 4.69) is 0 Å². The van der Waals surface area contributed by atoms with Gasteiger partial charge < -0.3 is 5.73 Å². The largest absolute Gasteiger partial charge is 0.330 e. The fourth-order valence-corrected chi connectivity index (χ4v) is 1.16. The molecule has 0 aromatic rings. The lowest BCUT2D eigenvalue weighted by molar-refractivity contribution is -0.126. The molecule has 0 bridgehead atoms. The SMILES string of the molecule is CC(C)(C)C(=O)CCCCCCN. The zero-order valence-electron chi connectivity index (χ0n) is 9.23. The molecule has 0 fully saturated rings. The van der Waals surface area contributed by atoms with Crippen molar-refractivity contribution in [3.8, 4) is 0 Å². The second-order valence-corrected chi connectivity index (χ2v) is 4.63. The van der Waals surface area contributed by atoms with E-state index in [0.29, 0.717) is 5.78 Å². The molecule has 0 amide bonds. The second kappa shape index (κ2) is 6.14. The maximum Gasteiger partial charge on any atom is 0.138 e. The average molecular weight is 185 g/mol. The minimum atomic E-state index is -0.159. The normalized spacial score (nSPS) is 11.7. The fraction of sp³-hybridized carbons (Fsp3) is 0.909. The molecule has 0 aromatic carbocycles.